The summed E-state index contributed by atoms with van der Waals surface area (Å²) in [6.45, 7) is 3.64. The molecule has 3 aliphatic carbocycles. The van der Waals surface area contributed by atoms with Crippen molar-refractivity contribution in [1.82, 2.24) is 10.2 Å². The van der Waals surface area contributed by atoms with Crippen LogP contribution in [-0.4, -0.2) is 63.8 Å². The number of carbonyl (C=O) groups is 1. The SMILES string of the molecule is CS(O)(c1ccc([C@@]2(C(=O)NC3=NC=C(SCCN4CCCC4)SC3)C[C@H]2C2CCCCC2)cc1)C1CC1. The van der Waals surface area contributed by atoms with Crippen molar-refractivity contribution in [2.75, 3.05) is 37.4 Å². The summed E-state index contributed by atoms with van der Waals surface area (Å²) in [5.74, 6) is 3.79. The van der Waals surface area contributed by atoms with Crippen LogP contribution in [0.2, 0.25) is 0 Å². The van der Waals surface area contributed by atoms with E-state index < -0.39 is 15.7 Å². The van der Waals surface area contributed by atoms with Gasteiger partial charge in [-0.3, -0.25) is 4.79 Å². The van der Waals surface area contributed by atoms with Crippen molar-refractivity contribution in [2.45, 2.75) is 79.8 Å². The second-order valence-electron chi connectivity index (χ2n) is 12.0. The highest BCUT2D eigenvalue weighted by atomic mass is 32.3. The molecule has 3 saturated carbocycles. The Bertz CT molecular complexity index is 1070. The lowest BCUT2D eigenvalue weighted by molar-refractivity contribution is -0.122. The Balaban J connectivity index is 1.14. The predicted molar refractivity (Wildman–Crippen MR) is 164 cm³/mol. The van der Waals surface area contributed by atoms with E-state index in [0.717, 1.165) is 53.6 Å². The monoisotopic (exact) mass is 573 g/mol. The van der Waals surface area contributed by atoms with Crippen molar-refractivity contribution >= 4 is 45.6 Å². The van der Waals surface area contributed by atoms with E-state index in [2.05, 4.69) is 39.5 Å². The second kappa shape index (κ2) is 11.5. The molecular formula is C30H43N3O2S3. The predicted octanol–water partition coefficient (Wildman–Crippen LogP) is 6.84. The van der Waals surface area contributed by atoms with Gasteiger partial charge in [-0.1, -0.05) is 44.2 Å². The van der Waals surface area contributed by atoms with Crippen molar-refractivity contribution < 1.29 is 9.35 Å². The van der Waals surface area contributed by atoms with Crippen LogP contribution < -0.4 is 5.32 Å². The lowest BCUT2D eigenvalue weighted by Crippen LogP contribution is -2.42. The van der Waals surface area contributed by atoms with E-state index in [4.69, 9.17) is 0 Å². The Morgan fingerprint density at radius 1 is 1.13 bits per heavy atom. The summed E-state index contributed by atoms with van der Waals surface area (Å²) in [5.41, 5.74) is 0.668. The molecule has 38 heavy (non-hydrogen) atoms. The third-order valence-corrected chi connectivity index (χ3v) is 14.7. The van der Waals surface area contributed by atoms with Gasteiger partial charge in [-0.2, -0.15) is 0 Å². The molecule has 1 aromatic carbocycles. The molecule has 208 valence electrons. The van der Waals surface area contributed by atoms with Crippen LogP contribution in [0.15, 0.2) is 44.6 Å². The van der Waals surface area contributed by atoms with Crippen LogP contribution in [0.1, 0.15) is 69.8 Å². The largest absolute Gasteiger partial charge is 0.347 e. The van der Waals surface area contributed by atoms with E-state index in [0.29, 0.717) is 17.1 Å². The molecule has 6 rings (SSSR count). The number of rotatable bonds is 9. The van der Waals surface area contributed by atoms with E-state index in [9.17, 15) is 9.35 Å². The molecule has 1 saturated heterocycles. The molecule has 2 N–H and O–H groups in total. The molecule has 1 amide bonds. The van der Waals surface area contributed by atoms with Crippen LogP contribution >= 0.6 is 33.8 Å². The van der Waals surface area contributed by atoms with Crippen LogP contribution in [0.25, 0.3) is 0 Å². The summed E-state index contributed by atoms with van der Waals surface area (Å²) in [6, 6.07) is 8.51. The van der Waals surface area contributed by atoms with Gasteiger partial charge in [-0.15, -0.1) is 33.8 Å². The molecule has 0 bridgehead atoms. The Kier molecular flexibility index (Phi) is 8.26. The maximum Gasteiger partial charge on any atom is 0.236 e. The summed E-state index contributed by atoms with van der Waals surface area (Å²) in [7, 11) is -1.74. The maximum absolute atomic E-state index is 14.0. The minimum absolute atomic E-state index is 0.125. The topological polar surface area (TPSA) is 64.9 Å². The third kappa shape index (κ3) is 5.76. The number of amides is 1. The van der Waals surface area contributed by atoms with Crippen LogP contribution in [-0.2, 0) is 10.2 Å². The van der Waals surface area contributed by atoms with Gasteiger partial charge in [0.15, 0.2) is 0 Å². The summed E-state index contributed by atoms with van der Waals surface area (Å²) < 4.78 is 12.4. The number of nitrogens with one attached hydrogen (secondary N) is 1. The summed E-state index contributed by atoms with van der Waals surface area (Å²) in [5, 5.41) is 3.71. The fourth-order valence-corrected chi connectivity index (χ4v) is 11.0. The highest BCUT2D eigenvalue weighted by Crippen LogP contribution is 2.63. The summed E-state index contributed by atoms with van der Waals surface area (Å²) in [6.07, 6.45) is 16.2. The van der Waals surface area contributed by atoms with Crippen molar-refractivity contribution in [2.24, 2.45) is 16.8 Å². The zero-order chi connectivity index (χ0) is 26.2. The van der Waals surface area contributed by atoms with Gasteiger partial charge in [-0.25, -0.2) is 4.99 Å². The van der Waals surface area contributed by atoms with Crippen molar-refractivity contribution in [3.63, 3.8) is 0 Å². The van der Waals surface area contributed by atoms with E-state index in [1.54, 1.807) is 11.8 Å². The number of amidine groups is 1. The first-order valence-electron chi connectivity index (χ1n) is 14.6. The smallest absolute Gasteiger partial charge is 0.236 e. The van der Waals surface area contributed by atoms with Crippen LogP contribution in [0, 0.1) is 11.8 Å². The number of benzene rings is 1. The number of aliphatic imine (C=N–C) groups is 1. The number of nitrogens with zero attached hydrogens (tertiary/aromatic N) is 2. The molecule has 1 unspecified atom stereocenters. The fraction of sp³-hybridized carbons (Fsp3) is 0.667. The molecule has 0 radical (unpaired) electrons. The number of thioether (sulfide) groups is 2. The lowest BCUT2D eigenvalue weighted by Gasteiger charge is -2.30. The zero-order valence-electron chi connectivity index (χ0n) is 22.7. The van der Waals surface area contributed by atoms with Gasteiger partial charge in [0, 0.05) is 28.6 Å². The molecule has 2 heterocycles. The van der Waals surface area contributed by atoms with E-state index in [1.165, 1.54) is 62.3 Å². The quantitative estimate of drug-likeness (QED) is 0.339. The van der Waals surface area contributed by atoms with Crippen molar-refractivity contribution in [3.8, 4) is 0 Å². The molecular weight excluding hydrogens is 531 g/mol. The first kappa shape index (κ1) is 27.3. The Morgan fingerprint density at radius 2 is 1.87 bits per heavy atom. The van der Waals surface area contributed by atoms with Crippen molar-refractivity contribution in [3.05, 3.63) is 40.3 Å². The molecule has 4 fully saturated rings. The summed E-state index contributed by atoms with van der Waals surface area (Å²) >= 11 is 3.69. The van der Waals surface area contributed by atoms with Gasteiger partial charge in [0.05, 0.1) is 15.4 Å². The molecule has 1 aromatic rings. The number of hydrogen-bond donors (Lipinski definition) is 2. The highest BCUT2D eigenvalue weighted by molar-refractivity contribution is 8.29. The average Bonchev–Trinajstić information content (AvgIpc) is 3.87. The zero-order valence-corrected chi connectivity index (χ0v) is 25.1. The van der Waals surface area contributed by atoms with E-state index in [-0.39, 0.29) is 5.91 Å². The Labute approximate surface area is 238 Å². The number of likely N-dealkylation sites (tertiary alicyclic amines) is 1. The normalized spacial score (nSPS) is 30.7. The standard InChI is InChI=1S/C30H43N3O2S3/c1-38(35,25-13-14-25)24-11-9-23(10-12-24)30(19-26(30)22-7-3-2-4-8-22)29(34)32-27-21-37-28(20-31-27)36-18-17-33-15-5-6-16-33/h9-12,20,22,25-26,35H,2-8,13-19,21H2,1H3,(H,31,32,34)/t26-,30-/m0/s1. The van der Waals surface area contributed by atoms with Gasteiger partial charge in [-0.05, 0) is 81.0 Å². The molecule has 0 aromatic heterocycles. The molecule has 0 spiro atoms. The van der Waals surface area contributed by atoms with Gasteiger partial charge < -0.3 is 14.8 Å². The van der Waals surface area contributed by atoms with Gasteiger partial charge in [0.2, 0.25) is 5.91 Å². The number of hydrogen-bond acceptors (Lipinski definition) is 6. The molecule has 3 atom stereocenters. The highest BCUT2D eigenvalue weighted by Gasteiger charge is 2.63. The average molecular weight is 574 g/mol. The van der Waals surface area contributed by atoms with Crippen molar-refractivity contribution in [1.29, 1.82) is 0 Å². The first-order chi connectivity index (χ1) is 18.5. The molecule has 5 nitrogen and oxygen atoms in total. The van der Waals surface area contributed by atoms with E-state index >= 15 is 0 Å². The van der Waals surface area contributed by atoms with E-state index in [1.807, 2.05) is 24.2 Å². The van der Waals surface area contributed by atoms with Gasteiger partial charge in [0.1, 0.15) is 5.84 Å². The third-order valence-electron chi connectivity index (χ3n) is 9.44. The van der Waals surface area contributed by atoms with Gasteiger partial charge in [0.25, 0.3) is 0 Å². The minimum atomic E-state index is -1.74. The molecule has 5 aliphatic rings. The Hall–Kier alpha value is -0.930. The minimum Gasteiger partial charge on any atom is -0.347 e. The van der Waals surface area contributed by atoms with Gasteiger partial charge >= 0.3 is 0 Å². The van der Waals surface area contributed by atoms with Crippen LogP contribution in [0.3, 0.4) is 0 Å². The first-order valence-corrected chi connectivity index (χ1v) is 18.7. The lowest BCUT2D eigenvalue weighted by atomic mass is 9.80. The molecule has 2 aliphatic heterocycles. The number of carbonyl (C=O) groups excluding carboxylic acids is 1. The maximum atomic E-state index is 14.0. The molecule has 8 heteroatoms. The van der Waals surface area contributed by atoms with Crippen LogP contribution in [0.5, 0.6) is 0 Å². The second-order valence-corrected chi connectivity index (χ2v) is 17.4. The fourth-order valence-electron chi connectivity index (χ4n) is 6.88. The Morgan fingerprint density at radius 3 is 2.53 bits per heavy atom. The van der Waals surface area contributed by atoms with Crippen LogP contribution in [0.4, 0.5) is 0 Å². The summed E-state index contributed by atoms with van der Waals surface area (Å²) in [4.78, 5) is 22.3.